The van der Waals surface area contributed by atoms with E-state index in [1.807, 2.05) is 12.1 Å². The number of hydrogen-bond donors (Lipinski definition) is 1. The molecule has 0 atom stereocenters. The largest absolute Gasteiger partial charge is 0.356 e. The van der Waals surface area contributed by atoms with Gasteiger partial charge >= 0.3 is 0 Å². The van der Waals surface area contributed by atoms with Gasteiger partial charge in [-0.3, -0.25) is 0 Å². The van der Waals surface area contributed by atoms with E-state index in [0.29, 0.717) is 6.61 Å². The van der Waals surface area contributed by atoms with Crippen LogP contribution < -0.4 is 5.90 Å². The summed E-state index contributed by atoms with van der Waals surface area (Å²) in [5.41, 5.74) is 4.51. The molecule has 1 fully saturated rings. The zero-order valence-corrected chi connectivity index (χ0v) is 11.6. The molecule has 4 heteroatoms. The fraction of sp³-hybridized carbons (Fsp3) is 0.235. The number of nitrogens with zero attached hydrogens (tertiary/aromatic N) is 1. The van der Waals surface area contributed by atoms with Crippen LogP contribution in [-0.4, -0.2) is 11.8 Å². The van der Waals surface area contributed by atoms with Crippen molar-refractivity contribution in [2.75, 3.05) is 6.61 Å². The molecule has 2 aromatic carbocycles. The van der Waals surface area contributed by atoms with Crippen molar-refractivity contribution in [1.82, 2.24) is 5.16 Å². The van der Waals surface area contributed by atoms with Crippen LogP contribution in [0.1, 0.15) is 18.4 Å². The van der Waals surface area contributed by atoms with Crippen LogP contribution in [0.3, 0.4) is 0 Å². The highest BCUT2D eigenvalue weighted by atomic mass is 16.6. The second kappa shape index (κ2) is 4.69. The zero-order chi connectivity index (χ0) is 14.3. The van der Waals surface area contributed by atoms with Gasteiger partial charge in [0.25, 0.3) is 0 Å². The predicted molar refractivity (Wildman–Crippen MR) is 80.5 cm³/mol. The molecule has 4 nitrogen and oxygen atoms in total. The van der Waals surface area contributed by atoms with Gasteiger partial charge in [0.05, 0.1) is 12.8 Å². The molecule has 0 amide bonds. The third-order valence-corrected chi connectivity index (χ3v) is 4.40. The van der Waals surface area contributed by atoms with Gasteiger partial charge in [-0.1, -0.05) is 41.6 Å². The second-order valence-corrected chi connectivity index (χ2v) is 5.72. The van der Waals surface area contributed by atoms with Crippen molar-refractivity contribution < 1.29 is 9.36 Å². The topological polar surface area (TPSA) is 61.3 Å². The lowest BCUT2D eigenvalue weighted by Crippen LogP contribution is -2.18. The third-order valence-electron chi connectivity index (χ3n) is 4.40. The SMILES string of the molecule is NOCC1(c2cccc(-c3cccc4oncc34)c2)CC1. The van der Waals surface area contributed by atoms with Crippen molar-refractivity contribution in [1.29, 1.82) is 0 Å². The Bertz CT molecular complexity index is 790. The molecular formula is C17H16N2O2. The highest BCUT2D eigenvalue weighted by molar-refractivity contribution is 5.93. The maximum absolute atomic E-state index is 5.28. The van der Waals surface area contributed by atoms with Gasteiger partial charge < -0.3 is 9.36 Å². The predicted octanol–water partition coefficient (Wildman–Crippen LogP) is 3.42. The van der Waals surface area contributed by atoms with Gasteiger partial charge in [0.15, 0.2) is 5.58 Å². The Balaban J connectivity index is 1.81. The standard InChI is InChI=1S/C17H16N2O2/c18-20-11-17(7-8-17)13-4-1-3-12(9-13)14-5-2-6-16-15(14)10-19-21-16/h1-6,9-10H,7-8,11,18H2. The van der Waals surface area contributed by atoms with Crippen LogP contribution in [-0.2, 0) is 10.3 Å². The van der Waals surface area contributed by atoms with E-state index < -0.39 is 0 Å². The van der Waals surface area contributed by atoms with Gasteiger partial charge in [-0.15, -0.1) is 0 Å². The summed E-state index contributed by atoms with van der Waals surface area (Å²) in [6, 6.07) is 14.6. The number of nitrogens with two attached hydrogens (primary N) is 1. The van der Waals surface area contributed by atoms with Gasteiger partial charge in [0, 0.05) is 10.8 Å². The van der Waals surface area contributed by atoms with Gasteiger partial charge in [-0.05, 0) is 35.6 Å². The van der Waals surface area contributed by atoms with Gasteiger partial charge in [-0.2, -0.15) is 0 Å². The van der Waals surface area contributed by atoms with Crippen molar-refractivity contribution in [3.8, 4) is 11.1 Å². The Kier molecular flexibility index (Phi) is 2.80. The van der Waals surface area contributed by atoms with E-state index >= 15 is 0 Å². The van der Waals surface area contributed by atoms with Gasteiger partial charge in [-0.25, -0.2) is 5.90 Å². The lowest BCUT2D eigenvalue weighted by molar-refractivity contribution is 0.116. The summed E-state index contributed by atoms with van der Waals surface area (Å²) in [6.07, 6.45) is 4.03. The molecule has 0 spiro atoms. The summed E-state index contributed by atoms with van der Waals surface area (Å²) in [6.45, 7) is 0.577. The molecule has 21 heavy (non-hydrogen) atoms. The lowest BCUT2D eigenvalue weighted by atomic mass is 9.92. The van der Waals surface area contributed by atoms with Crippen molar-refractivity contribution in [3.05, 3.63) is 54.2 Å². The van der Waals surface area contributed by atoms with Crippen molar-refractivity contribution in [2.24, 2.45) is 5.90 Å². The number of fused-ring (bicyclic) bond motifs is 1. The summed E-state index contributed by atoms with van der Waals surface area (Å²) in [7, 11) is 0. The Labute approximate surface area is 122 Å². The first-order valence-corrected chi connectivity index (χ1v) is 7.08. The molecule has 0 aliphatic heterocycles. The van der Waals surface area contributed by atoms with Crippen LogP contribution in [0.15, 0.2) is 53.2 Å². The van der Waals surface area contributed by atoms with Gasteiger partial charge in [0.1, 0.15) is 0 Å². The van der Waals surface area contributed by atoms with Crippen molar-refractivity contribution in [2.45, 2.75) is 18.3 Å². The van der Waals surface area contributed by atoms with Crippen LogP contribution in [0, 0.1) is 0 Å². The monoisotopic (exact) mass is 280 g/mol. The molecule has 1 saturated carbocycles. The number of rotatable bonds is 4. The molecule has 0 radical (unpaired) electrons. The fourth-order valence-electron chi connectivity index (χ4n) is 2.99. The first-order chi connectivity index (χ1) is 10.3. The first-order valence-electron chi connectivity index (χ1n) is 7.08. The Hall–Kier alpha value is -2.17. The normalized spacial score (nSPS) is 16.2. The Morgan fingerprint density at radius 2 is 2.05 bits per heavy atom. The van der Waals surface area contributed by atoms with E-state index in [2.05, 4.69) is 35.5 Å². The minimum atomic E-state index is 0.104. The quantitative estimate of drug-likeness (QED) is 0.744. The second-order valence-electron chi connectivity index (χ2n) is 5.72. The lowest BCUT2D eigenvalue weighted by Gasteiger charge is -2.15. The number of benzene rings is 2. The van der Waals surface area contributed by atoms with Crippen molar-refractivity contribution in [3.63, 3.8) is 0 Å². The molecule has 2 N–H and O–H groups in total. The van der Waals surface area contributed by atoms with Gasteiger partial charge in [0.2, 0.25) is 0 Å². The van der Waals surface area contributed by atoms with Crippen LogP contribution in [0.4, 0.5) is 0 Å². The molecule has 0 unspecified atom stereocenters. The molecule has 3 aromatic rings. The minimum absolute atomic E-state index is 0.104. The molecule has 1 aliphatic rings. The van der Waals surface area contributed by atoms with E-state index in [9.17, 15) is 0 Å². The summed E-state index contributed by atoms with van der Waals surface area (Å²) >= 11 is 0. The first kappa shape index (κ1) is 12.6. The maximum Gasteiger partial charge on any atom is 0.167 e. The third kappa shape index (κ3) is 2.04. The molecule has 106 valence electrons. The molecule has 4 rings (SSSR count). The number of aromatic nitrogens is 1. The highest BCUT2D eigenvalue weighted by Gasteiger charge is 2.44. The van der Waals surface area contributed by atoms with Crippen LogP contribution >= 0.6 is 0 Å². The van der Waals surface area contributed by atoms with E-state index in [1.54, 1.807) is 6.20 Å². The van der Waals surface area contributed by atoms with E-state index in [0.717, 1.165) is 29.4 Å². The molecule has 1 aliphatic carbocycles. The van der Waals surface area contributed by atoms with Crippen molar-refractivity contribution >= 4 is 11.0 Å². The summed E-state index contributed by atoms with van der Waals surface area (Å²) in [4.78, 5) is 4.90. The van der Waals surface area contributed by atoms with E-state index in [-0.39, 0.29) is 5.41 Å². The molecule has 0 saturated heterocycles. The molecule has 0 bridgehead atoms. The fourth-order valence-corrected chi connectivity index (χ4v) is 2.99. The maximum atomic E-state index is 5.28. The minimum Gasteiger partial charge on any atom is -0.356 e. The molecule has 1 aromatic heterocycles. The zero-order valence-electron chi connectivity index (χ0n) is 11.6. The average molecular weight is 280 g/mol. The van der Waals surface area contributed by atoms with Crippen LogP contribution in [0.25, 0.3) is 22.1 Å². The Morgan fingerprint density at radius 3 is 2.86 bits per heavy atom. The Morgan fingerprint density at radius 1 is 1.19 bits per heavy atom. The van der Waals surface area contributed by atoms with Crippen LogP contribution in [0.2, 0.25) is 0 Å². The highest BCUT2D eigenvalue weighted by Crippen LogP contribution is 2.49. The van der Waals surface area contributed by atoms with E-state index in [4.69, 9.17) is 15.3 Å². The summed E-state index contributed by atoms with van der Waals surface area (Å²) in [5, 5.41) is 4.93. The van der Waals surface area contributed by atoms with E-state index in [1.165, 1.54) is 11.1 Å². The number of hydrogen-bond acceptors (Lipinski definition) is 4. The smallest absolute Gasteiger partial charge is 0.167 e. The summed E-state index contributed by atoms with van der Waals surface area (Å²) in [5.74, 6) is 5.28. The van der Waals surface area contributed by atoms with Crippen LogP contribution in [0.5, 0.6) is 0 Å². The molecule has 1 heterocycles. The molecular weight excluding hydrogens is 264 g/mol. The summed E-state index contributed by atoms with van der Waals surface area (Å²) < 4.78 is 5.24. The average Bonchev–Trinajstić information content (AvgIpc) is 3.14.